The van der Waals surface area contributed by atoms with Gasteiger partial charge in [0.2, 0.25) is 0 Å². The lowest BCUT2D eigenvalue weighted by Crippen LogP contribution is -2.08. The van der Waals surface area contributed by atoms with Crippen LogP contribution in [0.1, 0.15) is 12.0 Å². The van der Waals surface area contributed by atoms with Crippen LogP contribution in [-0.4, -0.2) is 24.3 Å². The number of nitrogens with two attached hydrogens (primary N) is 1. The molecule has 1 aromatic rings. The van der Waals surface area contributed by atoms with E-state index >= 15 is 0 Å². The number of aryl methyl sites for hydroxylation is 1. The molecule has 0 bridgehead atoms. The highest BCUT2D eigenvalue weighted by molar-refractivity contribution is 5.67. The molecule has 0 amide bonds. The first-order chi connectivity index (χ1) is 7.18. The molecule has 0 aliphatic heterocycles. The van der Waals surface area contributed by atoms with E-state index in [1.807, 2.05) is 24.3 Å². The van der Waals surface area contributed by atoms with Crippen LogP contribution in [-0.2, 0) is 16.0 Å². The number of carbonyl (C=O) groups is 1. The van der Waals surface area contributed by atoms with Gasteiger partial charge >= 0.3 is 5.97 Å². The van der Waals surface area contributed by atoms with Gasteiger partial charge in [0, 0.05) is 12.3 Å². The van der Waals surface area contributed by atoms with Crippen LogP contribution in [0.2, 0.25) is 0 Å². The van der Waals surface area contributed by atoms with Crippen LogP contribution in [0.15, 0.2) is 24.3 Å². The summed E-state index contributed by atoms with van der Waals surface area (Å²) < 4.78 is 4.92. The maximum atomic E-state index is 10.1. The molecule has 1 rings (SSSR count). The quantitative estimate of drug-likeness (QED) is 0.547. The van der Waals surface area contributed by atoms with Gasteiger partial charge in [0.25, 0.3) is 0 Å². The normalized spacial score (nSPS) is 10.1. The molecule has 0 aliphatic carbocycles. The molecule has 0 aliphatic rings. The van der Waals surface area contributed by atoms with Crippen LogP contribution in [0, 0.1) is 0 Å². The molecule has 1 aromatic carbocycles. The topological polar surface area (TPSA) is 72.5 Å². The number of carboxylic acids is 1. The second kappa shape index (κ2) is 6.03. The second-order valence-corrected chi connectivity index (χ2v) is 3.29. The van der Waals surface area contributed by atoms with Gasteiger partial charge in [-0.25, -0.2) is 4.79 Å². The molecule has 4 heteroatoms. The minimum absolute atomic E-state index is 0.220. The van der Waals surface area contributed by atoms with Crippen LogP contribution in [0.5, 0.6) is 0 Å². The molecule has 0 aromatic heterocycles. The SMILES string of the molecule is Nc1ccc(CCCOCC(=O)O)cc1. The van der Waals surface area contributed by atoms with E-state index in [1.165, 1.54) is 5.56 Å². The minimum atomic E-state index is -0.928. The van der Waals surface area contributed by atoms with Gasteiger partial charge in [0.15, 0.2) is 0 Å². The standard InChI is InChI=1S/C11H15NO3/c12-10-5-3-9(4-6-10)2-1-7-15-8-11(13)14/h3-6H,1-2,7-8,12H2,(H,13,14). The maximum Gasteiger partial charge on any atom is 0.329 e. The zero-order valence-electron chi connectivity index (χ0n) is 8.48. The number of aliphatic carboxylic acids is 1. The highest BCUT2D eigenvalue weighted by Gasteiger charge is 1.97. The first kappa shape index (κ1) is 11.5. The summed E-state index contributed by atoms with van der Waals surface area (Å²) in [7, 11) is 0. The average Bonchev–Trinajstić information content (AvgIpc) is 2.20. The van der Waals surface area contributed by atoms with E-state index in [-0.39, 0.29) is 6.61 Å². The summed E-state index contributed by atoms with van der Waals surface area (Å²) in [5.74, 6) is -0.928. The van der Waals surface area contributed by atoms with Crippen molar-refractivity contribution in [2.45, 2.75) is 12.8 Å². The smallest absolute Gasteiger partial charge is 0.329 e. The Hall–Kier alpha value is -1.55. The molecular formula is C11H15NO3. The number of anilines is 1. The molecule has 4 nitrogen and oxygen atoms in total. The molecule has 0 unspecified atom stereocenters. The molecule has 0 radical (unpaired) electrons. The van der Waals surface area contributed by atoms with Crippen molar-refractivity contribution >= 4 is 11.7 Å². The van der Waals surface area contributed by atoms with Crippen LogP contribution in [0.25, 0.3) is 0 Å². The van der Waals surface area contributed by atoms with Crippen molar-refractivity contribution in [3.05, 3.63) is 29.8 Å². The average molecular weight is 209 g/mol. The molecule has 0 saturated carbocycles. The fraction of sp³-hybridized carbons (Fsp3) is 0.364. The van der Waals surface area contributed by atoms with E-state index in [0.717, 1.165) is 18.5 Å². The molecule has 0 heterocycles. The molecular weight excluding hydrogens is 194 g/mol. The highest BCUT2D eigenvalue weighted by atomic mass is 16.5. The summed E-state index contributed by atoms with van der Waals surface area (Å²) >= 11 is 0. The van der Waals surface area contributed by atoms with E-state index in [4.69, 9.17) is 15.6 Å². The van der Waals surface area contributed by atoms with Crippen molar-refractivity contribution in [3.63, 3.8) is 0 Å². The Labute approximate surface area is 88.7 Å². The van der Waals surface area contributed by atoms with Gasteiger partial charge in [0.1, 0.15) is 6.61 Å². The van der Waals surface area contributed by atoms with E-state index < -0.39 is 5.97 Å². The van der Waals surface area contributed by atoms with Crippen molar-refractivity contribution < 1.29 is 14.6 Å². The lowest BCUT2D eigenvalue weighted by Gasteiger charge is -2.02. The van der Waals surface area contributed by atoms with Crippen LogP contribution in [0.3, 0.4) is 0 Å². The van der Waals surface area contributed by atoms with Gasteiger partial charge in [-0.05, 0) is 30.5 Å². The number of rotatable bonds is 6. The maximum absolute atomic E-state index is 10.1. The number of carboxylic acid groups (broad SMARTS) is 1. The Morgan fingerprint density at radius 3 is 2.60 bits per heavy atom. The monoisotopic (exact) mass is 209 g/mol. The predicted octanol–water partition coefficient (Wildman–Crippen LogP) is 1.30. The van der Waals surface area contributed by atoms with Gasteiger partial charge in [-0.1, -0.05) is 12.1 Å². The van der Waals surface area contributed by atoms with E-state index in [2.05, 4.69) is 0 Å². The third kappa shape index (κ3) is 5.02. The molecule has 0 fully saturated rings. The zero-order chi connectivity index (χ0) is 11.1. The molecule has 3 N–H and O–H groups in total. The molecule has 0 atom stereocenters. The van der Waals surface area contributed by atoms with E-state index in [0.29, 0.717) is 6.61 Å². The summed E-state index contributed by atoms with van der Waals surface area (Å²) in [5.41, 5.74) is 7.48. The summed E-state index contributed by atoms with van der Waals surface area (Å²) in [4.78, 5) is 10.1. The Bertz CT molecular complexity index is 308. The van der Waals surface area contributed by atoms with Crippen molar-refractivity contribution in [2.24, 2.45) is 0 Å². The third-order valence-electron chi connectivity index (χ3n) is 1.96. The summed E-state index contributed by atoms with van der Waals surface area (Å²) in [5, 5.41) is 8.32. The largest absolute Gasteiger partial charge is 0.480 e. The molecule has 15 heavy (non-hydrogen) atoms. The first-order valence-electron chi connectivity index (χ1n) is 4.82. The van der Waals surface area contributed by atoms with E-state index in [9.17, 15) is 4.79 Å². The van der Waals surface area contributed by atoms with Crippen molar-refractivity contribution in [1.29, 1.82) is 0 Å². The third-order valence-corrected chi connectivity index (χ3v) is 1.96. The molecule has 0 spiro atoms. The molecule has 0 saturated heterocycles. The zero-order valence-corrected chi connectivity index (χ0v) is 8.48. The van der Waals surface area contributed by atoms with Gasteiger partial charge in [-0.15, -0.1) is 0 Å². The number of benzene rings is 1. The minimum Gasteiger partial charge on any atom is -0.480 e. The number of hydrogen-bond acceptors (Lipinski definition) is 3. The lowest BCUT2D eigenvalue weighted by molar-refractivity contribution is -0.142. The van der Waals surface area contributed by atoms with Crippen LogP contribution in [0.4, 0.5) is 5.69 Å². The highest BCUT2D eigenvalue weighted by Crippen LogP contribution is 2.07. The number of ether oxygens (including phenoxy) is 1. The van der Waals surface area contributed by atoms with E-state index in [1.54, 1.807) is 0 Å². The fourth-order valence-electron chi connectivity index (χ4n) is 1.22. The van der Waals surface area contributed by atoms with Crippen molar-refractivity contribution in [1.82, 2.24) is 0 Å². The van der Waals surface area contributed by atoms with Crippen molar-refractivity contribution in [3.8, 4) is 0 Å². The first-order valence-corrected chi connectivity index (χ1v) is 4.82. The van der Waals surface area contributed by atoms with Crippen LogP contribution < -0.4 is 5.73 Å². The van der Waals surface area contributed by atoms with Crippen molar-refractivity contribution in [2.75, 3.05) is 18.9 Å². The molecule has 82 valence electrons. The number of nitrogen functional groups attached to an aromatic ring is 1. The van der Waals surface area contributed by atoms with Crippen LogP contribution >= 0.6 is 0 Å². The summed E-state index contributed by atoms with van der Waals surface area (Å²) in [6, 6.07) is 7.64. The van der Waals surface area contributed by atoms with Gasteiger partial charge < -0.3 is 15.6 Å². The fourth-order valence-corrected chi connectivity index (χ4v) is 1.22. The van der Waals surface area contributed by atoms with Gasteiger partial charge in [-0.3, -0.25) is 0 Å². The summed E-state index contributed by atoms with van der Waals surface area (Å²) in [6.07, 6.45) is 1.69. The lowest BCUT2D eigenvalue weighted by atomic mass is 10.1. The summed E-state index contributed by atoms with van der Waals surface area (Å²) in [6.45, 7) is 0.248. The Kier molecular flexibility index (Phi) is 4.63. The Morgan fingerprint density at radius 2 is 2.00 bits per heavy atom. The van der Waals surface area contributed by atoms with Gasteiger partial charge in [0.05, 0.1) is 0 Å². The number of hydrogen-bond donors (Lipinski definition) is 2. The second-order valence-electron chi connectivity index (χ2n) is 3.29. The Balaban J connectivity index is 2.15. The Morgan fingerprint density at radius 1 is 1.33 bits per heavy atom. The predicted molar refractivity (Wildman–Crippen MR) is 57.6 cm³/mol. The van der Waals surface area contributed by atoms with Gasteiger partial charge in [-0.2, -0.15) is 0 Å².